The smallest absolute Gasteiger partial charge is 0.409 e. The zero-order chi connectivity index (χ0) is 19.2. The van der Waals surface area contributed by atoms with Crippen LogP contribution in [0.15, 0.2) is 29.6 Å². The summed E-state index contributed by atoms with van der Waals surface area (Å²) in [7, 11) is 0. The van der Waals surface area contributed by atoms with Gasteiger partial charge in [-0.25, -0.2) is 14.2 Å². The standard InChI is InChI=1S/C19H22FN3O3S/c1-2-26-19(25)23-11-9-22(10-12-23)17(24)8-7-16-13-27-18(21-16)14-3-5-15(20)6-4-14/h3-6,13H,2,7-12H2,1H3. The van der Waals surface area contributed by atoms with E-state index in [2.05, 4.69) is 4.98 Å². The van der Waals surface area contributed by atoms with E-state index in [1.54, 1.807) is 28.9 Å². The summed E-state index contributed by atoms with van der Waals surface area (Å²) >= 11 is 1.49. The van der Waals surface area contributed by atoms with E-state index in [4.69, 9.17) is 4.74 Å². The van der Waals surface area contributed by atoms with Gasteiger partial charge in [-0.1, -0.05) is 0 Å². The SMILES string of the molecule is CCOC(=O)N1CCN(C(=O)CCc2csc(-c3ccc(F)cc3)n2)CC1. The molecule has 2 amide bonds. The quantitative estimate of drug-likeness (QED) is 0.785. The van der Waals surface area contributed by atoms with Crippen molar-refractivity contribution >= 4 is 23.3 Å². The Morgan fingerprint density at radius 2 is 1.81 bits per heavy atom. The molecular formula is C19H22FN3O3S. The van der Waals surface area contributed by atoms with Crippen molar-refractivity contribution in [1.82, 2.24) is 14.8 Å². The number of amides is 2. The van der Waals surface area contributed by atoms with Gasteiger partial charge in [0.15, 0.2) is 0 Å². The maximum absolute atomic E-state index is 13.0. The van der Waals surface area contributed by atoms with Gasteiger partial charge in [0.2, 0.25) is 5.91 Å². The molecule has 0 aliphatic carbocycles. The van der Waals surface area contributed by atoms with Gasteiger partial charge in [-0.3, -0.25) is 4.79 Å². The molecule has 2 heterocycles. The lowest BCUT2D eigenvalue weighted by atomic mass is 10.2. The Bertz CT molecular complexity index is 786. The Labute approximate surface area is 161 Å². The number of benzene rings is 1. The highest BCUT2D eigenvalue weighted by atomic mass is 32.1. The van der Waals surface area contributed by atoms with Gasteiger partial charge in [0.05, 0.1) is 12.3 Å². The van der Waals surface area contributed by atoms with Crippen LogP contribution in [0.25, 0.3) is 10.6 Å². The van der Waals surface area contributed by atoms with Crippen molar-refractivity contribution in [3.63, 3.8) is 0 Å². The number of aromatic nitrogens is 1. The van der Waals surface area contributed by atoms with Crippen molar-refractivity contribution < 1.29 is 18.7 Å². The number of ether oxygens (including phenoxy) is 1. The van der Waals surface area contributed by atoms with Crippen molar-refractivity contribution in [2.75, 3.05) is 32.8 Å². The van der Waals surface area contributed by atoms with E-state index >= 15 is 0 Å². The molecule has 0 N–H and O–H groups in total. The van der Waals surface area contributed by atoms with Crippen LogP contribution < -0.4 is 0 Å². The van der Waals surface area contributed by atoms with Crippen LogP contribution in [0.4, 0.5) is 9.18 Å². The number of thiazole rings is 1. The number of nitrogens with zero attached hydrogens (tertiary/aromatic N) is 3. The van der Waals surface area contributed by atoms with Gasteiger partial charge in [0, 0.05) is 43.5 Å². The molecule has 6 nitrogen and oxygen atoms in total. The van der Waals surface area contributed by atoms with Crippen LogP contribution in [-0.4, -0.2) is 59.6 Å². The van der Waals surface area contributed by atoms with Gasteiger partial charge < -0.3 is 14.5 Å². The molecule has 1 saturated heterocycles. The predicted octanol–water partition coefficient (Wildman–Crippen LogP) is 3.18. The number of hydrogen-bond donors (Lipinski definition) is 0. The van der Waals surface area contributed by atoms with Gasteiger partial charge in [-0.2, -0.15) is 0 Å². The first-order valence-electron chi connectivity index (χ1n) is 8.96. The molecule has 1 aromatic heterocycles. The van der Waals surface area contributed by atoms with Gasteiger partial charge in [0.1, 0.15) is 10.8 Å². The van der Waals surface area contributed by atoms with Gasteiger partial charge in [-0.15, -0.1) is 11.3 Å². The minimum absolute atomic E-state index is 0.0647. The Kier molecular flexibility index (Phi) is 6.39. The van der Waals surface area contributed by atoms with Gasteiger partial charge >= 0.3 is 6.09 Å². The minimum Gasteiger partial charge on any atom is -0.450 e. The number of carbonyl (C=O) groups is 2. The number of aryl methyl sites for hydroxylation is 1. The monoisotopic (exact) mass is 391 g/mol. The zero-order valence-electron chi connectivity index (χ0n) is 15.2. The highest BCUT2D eigenvalue weighted by Gasteiger charge is 2.24. The van der Waals surface area contributed by atoms with Crippen molar-refractivity contribution in [2.24, 2.45) is 0 Å². The van der Waals surface area contributed by atoms with E-state index in [1.165, 1.54) is 23.5 Å². The van der Waals surface area contributed by atoms with E-state index < -0.39 is 0 Å². The van der Waals surface area contributed by atoms with Crippen molar-refractivity contribution in [3.8, 4) is 10.6 Å². The zero-order valence-corrected chi connectivity index (χ0v) is 16.0. The lowest BCUT2D eigenvalue weighted by molar-refractivity contribution is -0.132. The first kappa shape index (κ1) is 19.3. The normalized spacial score (nSPS) is 14.3. The molecule has 1 aromatic carbocycles. The number of rotatable bonds is 5. The highest BCUT2D eigenvalue weighted by molar-refractivity contribution is 7.13. The van der Waals surface area contributed by atoms with Crippen LogP contribution >= 0.6 is 11.3 Å². The molecule has 1 fully saturated rings. The summed E-state index contributed by atoms with van der Waals surface area (Å²) in [5, 5.41) is 2.76. The first-order chi connectivity index (χ1) is 13.1. The van der Waals surface area contributed by atoms with Crippen LogP contribution in [0.3, 0.4) is 0 Å². The molecule has 3 rings (SSSR count). The van der Waals surface area contributed by atoms with E-state index in [-0.39, 0.29) is 17.8 Å². The van der Waals surface area contributed by atoms with Crippen LogP contribution in [0.1, 0.15) is 19.0 Å². The molecule has 2 aromatic rings. The molecule has 0 spiro atoms. The molecule has 1 aliphatic rings. The van der Waals surface area contributed by atoms with Crippen molar-refractivity contribution in [2.45, 2.75) is 19.8 Å². The largest absolute Gasteiger partial charge is 0.450 e. The second kappa shape index (κ2) is 8.94. The summed E-state index contributed by atoms with van der Waals surface area (Å²) in [6, 6.07) is 6.23. The summed E-state index contributed by atoms with van der Waals surface area (Å²) < 4.78 is 18.0. The number of piperazine rings is 1. The summed E-state index contributed by atoms with van der Waals surface area (Å²) in [5.41, 5.74) is 1.73. The third-order valence-corrected chi connectivity index (χ3v) is 5.34. The lowest BCUT2D eigenvalue weighted by Crippen LogP contribution is -2.50. The molecular weight excluding hydrogens is 369 g/mol. The molecule has 27 heavy (non-hydrogen) atoms. The van der Waals surface area contributed by atoms with Crippen LogP contribution in [0.5, 0.6) is 0 Å². The first-order valence-corrected chi connectivity index (χ1v) is 9.84. The topological polar surface area (TPSA) is 62.7 Å². The molecule has 0 unspecified atom stereocenters. The average Bonchev–Trinajstić information content (AvgIpc) is 3.16. The van der Waals surface area contributed by atoms with Gasteiger partial charge in [0.25, 0.3) is 0 Å². The van der Waals surface area contributed by atoms with Crippen LogP contribution in [-0.2, 0) is 16.0 Å². The summed E-state index contributed by atoms with van der Waals surface area (Å²) in [6.07, 6.45) is 0.626. The second-order valence-corrected chi connectivity index (χ2v) is 7.08. The van der Waals surface area contributed by atoms with Gasteiger partial charge in [-0.05, 0) is 37.6 Å². The molecule has 0 radical (unpaired) electrons. The maximum atomic E-state index is 13.0. The summed E-state index contributed by atoms with van der Waals surface area (Å²) in [4.78, 5) is 32.1. The summed E-state index contributed by atoms with van der Waals surface area (Å²) in [6.45, 7) is 4.17. The Hall–Kier alpha value is -2.48. The van der Waals surface area contributed by atoms with Crippen LogP contribution in [0.2, 0.25) is 0 Å². The Balaban J connectivity index is 1.47. The minimum atomic E-state index is -0.319. The number of carbonyl (C=O) groups excluding carboxylic acids is 2. The third kappa shape index (κ3) is 5.03. The molecule has 0 atom stereocenters. The highest BCUT2D eigenvalue weighted by Crippen LogP contribution is 2.24. The average molecular weight is 391 g/mol. The van der Waals surface area contributed by atoms with E-state index in [0.29, 0.717) is 45.6 Å². The van der Waals surface area contributed by atoms with E-state index in [9.17, 15) is 14.0 Å². The molecule has 1 aliphatic heterocycles. The van der Waals surface area contributed by atoms with E-state index in [0.717, 1.165) is 16.3 Å². The molecule has 0 bridgehead atoms. The number of hydrogen-bond acceptors (Lipinski definition) is 5. The third-order valence-electron chi connectivity index (χ3n) is 4.40. The fraction of sp³-hybridized carbons (Fsp3) is 0.421. The lowest BCUT2D eigenvalue weighted by Gasteiger charge is -2.34. The Morgan fingerprint density at radius 1 is 1.15 bits per heavy atom. The molecule has 0 saturated carbocycles. The van der Waals surface area contributed by atoms with Crippen molar-refractivity contribution in [3.05, 3.63) is 41.2 Å². The second-order valence-electron chi connectivity index (χ2n) is 6.22. The number of halogens is 1. The Morgan fingerprint density at radius 3 is 2.48 bits per heavy atom. The summed E-state index contributed by atoms with van der Waals surface area (Å²) in [5.74, 6) is -0.209. The molecule has 8 heteroatoms. The maximum Gasteiger partial charge on any atom is 0.409 e. The molecule has 144 valence electrons. The predicted molar refractivity (Wildman–Crippen MR) is 101 cm³/mol. The van der Waals surface area contributed by atoms with E-state index in [1.807, 2.05) is 5.38 Å². The van der Waals surface area contributed by atoms with Crippen molar-refractivity contribution in [1.29, 1.82) is 0 Å². The fourth-order valence-electron chi connectivity index (χ4n) is 2.89. The fourth-order valence-corrected chi connectivity index (χ4v) is 3.75. The van der Waals surface area contributed by atoms with Crippen LogP contribution in [0, 0.1) is 5.82 Å².